The Balaban J connectivity index is 1.70. The second kappa shape index (κ2) is 8.14. The van der Waals surface area contributed by atoms with E-state index in [-0.39, 0.29) is 0 Å². The van der Waals surface area contributed by atoms with Crippen molar-refractivity contribution >= 4 is 11.0 Å². The third-order valence-electron chi connectivity index (χ3n) is 5.29. The van der Waals surface area contributed by atoms with Crippen LogP contribution in [0.25, 0.3) is 22.1 Å². The van der Waals surface area contributed by atoms with E-state index in [1.807, 2.05) is 37.3 Å². The summed E-state index contributed by atoms with van der Waals surface area (Å²) >= 11 is 0. The lowest BCUT2D eigenvalue weighted by Gasteiger charge is -2.40. The Bertz CT molecular complexity index is 963. The zero-order chi connectivity index (χ0) is 20.5. The molecule has 1 aliphatic rings. The van der Waals surface area contributed by atoms with Crippen LogP contribution in [-0.2, 0) is 4.74 Å². The summed E-state index contributed by atoms with van der Waals surface area (Å²) in [5.74, 6) is 0.783. The first kappa shape index (κ1) is 19.9. The molecule has 0 saturated carbocycles. The lowest BCUT2D eigenvalue weighted by atomic mass is 9.90. The lowest BCUT2D eigenvalue weighted by molar-refractivity contribution is -0.231. The van der Waals surface area contributed by atoms with E-state index in [1.165, 1.54) is 0 Å². The van der Waals surface area contributed by atoms with E-state index in [4.69, 9.17) is 13.9 Å². The van der Waals surface area contributed by atoms with E-state index in [0.717, 1.165) is 22.3 Å². The molecule has 7 heteroatoms. The molecule has 0 unspecified atom stereocenters. The van der Waals surface area contributed by atoms with Gasteiger partial charge in [0.05, 0.1) is 19.5 Å². The summed E-state index contributed by atoms with van der Waals surface area (Å²) in [6.07, 6.45) is -4.31. The summed E-state index contributed by atoms with van der Waals surface area (Å²) in [5.41, 5.74) is 3.10. The maximum absolute atomic E-state index is 10.4. The molecule has 2 heterocycles. The molecule has 1 fully saturated rings. The first-order valence-electron chi connectivity index (χ1n) is 9.58. The summed E-state index contributed by atoms with van der Waals surface area (Å²) < 4.78 is 16.8. The standard InChI is InChI=1S/C22H24O7/c1-2-27-14-6-3-12(4-7-14)16-11-28-17-8-5-13(9-15(16)17)22-21(26)20(25)19(24)18(10-23)29-22/h3-9,11,18-26H,2,10H2,1H3/t18-,19-,20+,21-,22+/m1/s1. The number of hydrogen-bond acceptors (Lipinski definition) is 7. The predicted molar refractivity (Wildman–Crippen MR) is 106 cm³/mol. The van der Waals surface area contributed by atoms with E-state index < -0.39 is 37.1 Å². The van der Waals surface area contributed by atoms with Gasteiger partial charge in [-0.25, -0.2) is 0 Å². The minimum absolute atomic E-state index is 0.465. The maximum Gasteiger partial charge on any atom is 0.134 e. The number of aliphatic hydroxyl groups excluding tert-OH is 4. The van der Waals surface area contributed by atoms with Crippen LogP contribution in [0.2, 0.25) is 0 Å². The zero-order valence-corrected chi connectivity index (χ0v) is 15.9. The number of aliphatic hydroxyl groups is 4. The minimum atomic E-state index is -1.42. The van der Waals surface area contributed by atoms with Crippen molar-refractivity contribution in [2.24, 2.45) is 0 Å². The molecular weight excluding hydrogens is 376 g/mol. The van der Waals surface area contributed by atoms with Crippen LogP contribution in [0.5, 0.6) is 5.75 Å². The predicted octanol–water partition coefficient (Wildman–Crippen LogP) is 2.01. The largest absolute Gasteiger partial charge is 0.494 e. The van der Waals surface area contributed by atoms with Gasteiger partial charge in [-0.1, -0.05) is 18.2 Å². The minimum Gasteiger partial charge on any atom is -0.494 e. The van der Waals surface area contributed by atoms with Gasteiger partial charge in [0.1, 0.15) is 41.9 Å². The molecule has 4 rings (SSSR count). The highest BCUT2D eigenvalue weighted by Gasteiger charge is 2.44. The molecule has 0 aliphatic carbocycles. The van der Waals surface area contributed by atoms with Gasteiger partial charge in [-0.2, -0.15) is 0 Å². The highest BCUT2D eigenvalue weighted by Crippen LogP contribution is 2.37. The number of rotatable bonds is 5. The monoisotopic (exact) mass is 400 g/mol. The second-order valence-electron chi connectivity index (χ2n) is 7.11. The molecule has 154 valence electrons. The van der Waals surface area contributed by atoms with Gasteiger partial charge in [-0.3, -0.25) is 0 Å². The van der Waals surface area contributed by atoms with Crippen LogP contribution in [0.4, 0.5) is 0 Å². The molecule has 4 N–H and O–H groups in total. The van der Waals surface area contributed by atoms with E-state index in [0.29, 0.717) is 17.8 Å². The fourth-order valence-electron chi connectivity index (χ4n) is 3.72. The van der Waals surface area contributed by atoms with Gasteiger partial charge in [-0.15, -0.1) is 0 Å². The lowest BCUT2D eigenvalue weighted by Crippen LogP contribution is -2.55. The van der Waals surface area contributed by atoms with Crippen LogP contribution in [-0.4, -0.2) is 58.1 Å². The van der Waals surface area contributed by atoms with Crippen LogP contribution in [0, 0.1) is 0 Å². The number of benzene rings is 2. The van der Waals surface area contributed by atoms with Crippen LogP contribution >= 0.6 is 0 Å². The van der Waals surface area contributed by atoms with Crippen LogP contribution in [0.15, 0.2) is 53.1 Å². The zero-order valence-electron chi connectivity index (χ0n) is 15.9. The Kier molecular flexibility index (Phi) is 5.58. The smallest absolute Gasteiger partial charge is 0.134 e. The van der Waals surface area contributed by atoms with Gasteiger partial charge >= 0.3 is 0 Å². The van der Waals surface area contributed by atoms with Gasteiger partial charge in [-0.05, 0) is 42.3 Å². The number of furan rings is 1. The molecule has 29 heavy (non-hydrogen) atoms. The van der Waals surface area contributed by atoms with Gasteiger partial charge in [0.2, 0.25) is 0 Å². The van der Waals surface area contributed by atoms with E-state index in [2.05, 4.69) is 0 Å². The van der Waals surface area contributed by atoms with Gasteiger partial charge in [0, 0.05) is 10.9 Å². The summed E-state index contributed by atoms with van der Waals surface area (Å²) in [7, 11) is 0. The van der Waals surface area contributed by atoms with E-state index >= 15 is 0 Å². The first-order chi connectivity index (χ1) is 14.0. The Morgan fingerprint density at radius 3 is 2.41 bits per heavy atom. The number of hydrogen-bond donors (Lipinski definition) is 4. The maximum atomic E-state index is 10.4. The number of fused-ring (bicyclic) bond motifs is 1. The van der Waals surface area contributed by atoms with Crippen LogP contribution < -0.4 is 4.74 Å². The first-order valence-corrected chi connectivity index (χ1v) is 9.58. The SMILES string of the molecule is CCOc1ccc(-c2coc3ccc([C@@H]4O[C@H](CO)[C@@H](O)[C@H](O)[C@H]4O)cc23)cc1. The molecule has 7 nitrogen and oxygen atoms in total. The van der Waals surface area contributed by atoms with E-state index in [1.54, 1.807) is 18.4 Å². The molecule has 1 saturated heterocycles. The van der Waals surface area contributed by atoms with Crippen LogP contribution in [0.3, 0.4) is 0 Å². The van der Waals surface area contributed by atoms with Crippen molar-refractivity contribution in [3.63, 3.8) is 0 Å². The molecule has 0 radical (unpaired) electrons. The van der Waals surface area contributed by atoms with Gasteiger partial charge in [0.25, 0.3) is 0 Å². The highest BCUT2D eigenvalue weighted by atomic mass is 16.5. The quantitative estimate of drug-likeness (QED) is 0.518. The normalized spacial score (nSPS) is 27.3. The van der Waals surface area contributed by atoms with Crippen molar-refractivity contribution < 1.29 is 34.3 Å². The molecular formula is C22H24O7. The van der Waals surface area contributed by atoms with E-state index in [9.17, 15) is 20.4 Å². The molecule has 0 amide bonds. The third-order valence-corrected chi connectivity index (χ3v) is 5.29. The van der Waals surface area contributed by atoms with Crippen molar-refractivity contribution in [1.29, 1.82) is 0 Å². The number of ether oxygens (including phenoxy) is 2. The molecule has 0 spiro atoms. The van der Waals surface area contributed by atoms with Crippen molar-refractivity contribution in [2.75, 3.05) is 13.2 Å². The molecule has 0 bridgehead atoms. The molecule has 5 atom stereocenters. The Labute approximate surface area is 167 Å². The average molecular weight is 400 g/mol. The van der Waals surface area contributed by atoms with Gasteiger partial charge < -0.3 is 34.3 Å². The molecule has 1 aliphatic heterocycles. The summed E-state index contributed by atoms with van der Waals surface area (Å²) in [5, 5.41) is 40.7. The Hall–Kier alpha value is -2.42. The van der Waals surface area contributed by atoms with Crippen molar-refractivity contribution in [1.82, 2.24) is 0 Å². The Morgan fingerprint density at radius 2 is 1.72 bits per heavy atom. The average Bonchev–Trinajstić information content (AvgIpc) is 3.16. The van der Waals surface area contributed by atoms with Crippen LogP contribution in [0.1, 0.15) is 18.6 Å². The fourth-order valence-corrected chi connectivity index (χ4v) is 3.72. The fraction of sp³-hybridized carbons (Fsp3) is 0.364. The van der Waals surface area contributed by atoms with Crippen molar-refractivity contribution in [2.45, 2.75) is 37.4 Å². The third kappa shape index (κ3) is 3.63. The van der Waals surface area contributed by atoms with Gasteiger partial charge in [0.15, 0.2) is 0 Å². The summed E-state index contributed by atoms with van der Waals surface area (Å²) in [6.45, 7) is 2.06. The molecule has 2 aromatic carbocycles. The summed E-state index contributed by atoms with van der Waals surface area (Å²) in [6, 6.07) is 13.0. The topological polar surface area (TPSA) is 113 Å². The van der Waals surface area contributed by atoms with Crippen molar-refractivity contribution in [3.8, 4) is 16.9 Å². The van der Waals surface area contributed by atoms with Crippen molar-refractivity contribution in [3.05, 3.63) is 54.3 Å². The second-order valence-corrected chi connectivity index (χ2v) is 7.11. The Morgan fingerprint density at radius 1 is 0.966 bits per heavy atom. The highest BCUT2D eigenvalue weighted by molar-refractivity contribution is 5.94. The molecule has 3 aromatic rings. The molecule has 1 aromatic heterocycles. The summed E-state index contributed by atoms with van der Waals surface area (Å²) in [4.78, 5) is 0.